The van der Waals surface area contributed by atoms with Gasteiger partial charge in [-0.1, -0.05) is 5.16 Å². The van der Waals surface area contributed by atoms with E-state index in [0.717, 1.165) is 0 Å². The second-order valence-electron chi connectivity index (χ2n) is 4.10. The first-order chi connectivity index (χ1) is 9.77. The van der Waals surface area contributed by atoms with Crippen LogP contribution in [0.15, 0.2) is 22.7 Å². The second-order valence-corrected chi connectivity index (χ2v) is 4.10. The molecule has 0 fully saturated rings. The van der Waals surface area contributed by atoms with E-state index in [9.17, 15) is 22.4 Å². The molecule has 0 atom stereocenters. The van der Waals surface area contributed by atoms with Crippen molar-refractivity contribution in [2.45, 2.75) is 19.6 Å². The molecule has 9 heteroatoms. The number of nitrogens with zero attached hydrogens (tertiary/aromatic N) is 2. The molecule has 0 saturated heterocycles. The lowest BCUT2D eigenvalue weighted by Gasteiger charge is -2.09. The average Bonchev–Trinajstić information content (AvgIpc) is 2.81. The number of alkyl halides is 3. The van der Waals surface area contributed by atoms with Gasteiger partial charge in [-0.15, -0.1) is 0 Å². The summed E-state index contributed by atoms with van der Waals surface area (Å²) in [4.78, 5) is 15.5. The van der Waals surface area contributed by atoms with E-state index in [1.165, 1.54) is 6.92 Å². The largest absolute Gasteiger partial charge is 0.416 e. The number of amides is 1. The fraction of sp³-hybridized carbons (Fsp3) is 0.250. The number of hydrogen-bond acceptors (Lipinski definition) is 4. The summed E-state index contributed by atoms with van der Waals surface area (Å²) in [5.74, 6) is -1.65. The van der Waals surface area contributed by atoms with Crippen LogP contribution in [0.1, 0.15) is 27.6 Å². The van der Waals surface area contributed by atoms with Crippen molar-refractivity contribution in [1.29, 1.82) is 0 Å². The van der Waals surface area contributed by atoms with Gasteiger partial charge in [0, 0.05) is 6.92 Å². The highest BCUT2D eigenvalue weighted by Gasteiger charge is 2.31. The van der Waals surface area contributed by atoms with Crippen LogP contribution >= 0.6 is 0 Å². The van der Waals surface area contributed by atoms with Gasteiger partial charge in [0.15, 0.2) is 5.82 Å². The molecule has 112 valence electrons. The topological polar surface area (TPSA) is 68.0 Å². The Hall–Kier alpha value is -2.45. The molecule has 0 unspecified atom stereocenters. The molecule has 1 aromatic carbocycles. The number of benzene rings is 1. The van der Waals surface area contributed by atoms with Crippen molar-refractivity contribution in [3.05, 3.63) is 46.9 Å². The number of aryl methyl sites for hydroxylation is 1. The minimum atomic E-state index is -4.66. The van der Waals surface area contributed by atoms with Gasteiger partial charge >= 0.3 is 6.18 Å². The van der Waals surface area contributed by atoms with Crippen LogP contribution in [0.25, 0.3) is 0 Å². The third-order valence-corrected chi connectivity index (χ3v) is 2.52. The van der Waals surface area contributed by atoms with Crippen LogP contribution in [0.5, 0.6) is 0 Å². The summed E-state index contributed by atoms with van der Waals surface area (Å²) in [6, 6.07) is 1.61. The van der Waals surface area contributed by atoms with Crippen LogP contribution in [0.3, 0.4) is 0 Å². The predicted octanol–water partition coefficient (Wildman–Crippen LogP) is 2.47. The maximum absolute atomic E-state index is 13.5. The quantitative estimate of drug-likeness (QED) is 0.884. The summed E-state index contributed by atoms with van der Waals surface area (Å²) in [5.41, 5.74) is -1.81. The van der Waals surface area contributed by atoms with Gasteiger partial charge in [0.25, 0.3) is 5.91 Å². The zero-order valence-corrected chi connectivity index (χ0v) is 10.7. The number of aromatic nitrogens is 2. The smallest absolute Gasteiger partial charge is 0.345 e. The number of carbonyl (C=O) groups excluding carboxylic acids is 1. The number of carbonyl (C=O) groups is 1. The fourth-order valence-corrected chi connectivity index (χ4v) is 1.54. The molecule has 0 aliphatic rings. The molecule has 2 rings (SSSR count). The molecule has 1 N–H and O–H groups in total. The van der Waals surface area contributed by atoms with Crippen LogP contribution in [0, 0.1) is 12.7 Å². The van der Waals surface area contributed by atoms with Gasteiger partial charge in [0.05, 0.1) is 17.7 Å². The van der Waals surface area contributed by atoms with Gasteiger partial charge in [0.1, 0.15) is 5.82 Å². The monoisotopic (exact) mass is 303 g/mol. The first-order valence-corrected chi connectivity index (χ1v) is 5.71. The summed E-state index contributed by atoms with van der Waals surface area (Å²) in [5, 5.41) is 5.70. The average molecular weight is 303 g/mol. The highest BCUT2D eigenvalue weighted by Crippen LogP contribution is 2.30. The van der Waals surface area contributed by atoms with E-state index in [1.54, 1.807) is 0 Å². The zero-order valence-electron chi connectivity index (χ0n) is 10.7. The third-order valence-electron chi connectivity index (χ3n) is 2.52. The molecule has 1 amide bonds. The summed E-state index contributed by atoms with van der Waals surface area (Å²) in [6.07, 6.45) is -4.66. The van der Waals surface area contributed by atoms with Gasteiger partial charge in [-0.2, -0.15) is 18.2 Å². The molecule has 0 radical (unpaired) electrons. The van der Waals surface area contributed by atoms with Crippen LogP contribution in [-0.2, 0) is 12.7 Å². The van der Waals surface area contributed by atoms with E-state index in [1.807, 2.05) is 0 Å². The Morgan fingerprint density at radius 3 is 2.67 bits per heavy atom. The molecular weight excluding hydrogens is 294 g/mol. The maximum Gasteiger partial charge on any atom is 0.416 e. The lowest BCUT2D eigenvalue weighted by Crippen LogP contribution is -2.25. The molecule has 21 heavy (non-hydrogen) atoms. The molecule has 0 bridgehead atoms. The molecule has 0 saturated carbocycles. The minimum absolute atomic E-state index is 0.133. The second kappa shape index (κ2) is 5.51. The number of nitrogens with one attached hydrogen (secondary N) is 1. The molecule has 1 heterocycles. The van der Waals surface area contributed by atoms with Crippen molar-refractivity contribution in [2.24, 2.45) is 0 Å². The van der Waals surface area contributed by atoms with E-state index in [-0.39, 0.29) is 18.3 Å². The molecule has 0 aliphatic heterocycles. The Balaban J connectivity index is 2.15. The highest BCUT2D eigenvalue weighted by atomic mass is 19.4. The first kappa shape index (κ1) is 14.9. The van der Waals surface area contributed by atoms with Crippen LogP contribution in [-0.4, -0.2) is 16.0 Å². The molecule has 0 spiro atoms. The summed E-state index contributed by atoms with van der Waals surface area (Å²) in [6.45, 7) is 1.34. The van der Waals surface area contributed by atoms with Gasteiger partial charge in [-0.25, -0.2) is 4.39 Å². The molecule has 2 aromatic rings. The van der Waals surface area contributed by atoms with Gasteiger partial charge < -0.3 is 9.84 Å². The van der Waals surface area contributed by atoms with Gasteiger partial charge in [-0.3, -0.25) is 4.79 Å². The van der Waals surface area contributed by atoms with E-state index < -0.39 is 29.0 Å². The minimum Gasteiger partial charge on any atom is -0.345 e. The lowest BCUT2D eigenvalue weighted by atomic mass is 10.1. The van der Waals surface area contributed by atoms with Crippen molar-refractivity contribution >= 4 is 5.91 Å². The van der Waals surface area contributed by atoms with Crippen LogP contribution in [0.2, 0.25) is 0 Å². The molecule has 0 aliphatic carbocycles. The Morgan fingerprint density at radius 2 is 2.10 bits per heavy atom. The highest BCUT2D eigenvalue weighted by molar-refractivity contribution is 5.94. The summed E-state index contributed by atoms with van der Waals surface area (Å²) < 4.78 is 55.7. The number of hydrogen-bond donors (Lipinski definition) is 1. The maximum atomic E-state index is 13.5. The molecule has 5 nitrogen and oxygen atoms in total. The Morgan fingerprint density at radius 1 is 1.38 bits per heavy atom. The molecular formula is C12H9F4N3O2. The van der Waals surface area contributed by atoms with Crippen molar-refractivity contribution in [1.82, 2.24) is 15.5 Å². The fourth-order valence-electron chi connectivity index (χ4n) is 1.54. The SMILES string of the molecule is Cc1nc(CNC(=O)c2cc(C(F)(F)F)ccc2F)no1. The number of halogens is 4. The van der Waals surface area contributed by atoms with Crippen LogP contribution < -0.4 is 5.32 Å². The van der Waals surface area contributed by atoms with Crippen molar-refractivity contribution < 1.29 is 26.9 Å². The Kier molecular flexibility index (Phi) is 3.92. The summed E-state index contributed by atoms with van der Waals surface area (Å²) >= 11 is 0. The normalized spacial score (nSPS) is 11.5. The Bertz CT molecular complexity index is 667. The van der Waals surface area contributed by atoms with Gasteiger partial charge in [-0.05, 0) is 18.2 Å². The van der Waals surface area contributed by atoms with E-state index in [0.29, 0.717) is 18.2 Å². The lowest BCUT2D eigenvalue weighted by molar-refractivity contribution is -0.137. The standard InChI is InChI=1S/C12H9F4N3O2/c1-6-18-10(19-21-6)5-17-11(20)8-4-7(12(14,15)16)2-3-9(8)13/h2-4H,5H2,1H3,(H,17,20). The molecule has 1 aromatic heterocycles. The Labute approximate surface area is 116 Å². The van der Waals surface area contributed by atoms with E-state index in [4.69, 9.17) is 0 Å². The first-order valence-electron chi connectivity index (χ1n) is 5.71. The van der Waals surface area contributed by atoms with Crippen molar-refractivity contribution in [2.75, 3.05) is 0 Å². The van der Waals surface area contributed by atoms with Crippen molar-refractivity contribution in [3.8, 4) is 0 Å². The van der Waals surface area contributed by atoms with E-state index >= 15 is 0 Å². The van der Waals surface area contributed by atoms with E-state index in [2.05, 4.69) is 20.0 Å². The zero-order chi connectivity index (χ0) is 15.6. The summed E-state index contributed by atoms with van der Waals surface area (Å²) in [7, 11) is 0. The van der Waals surface area contributed by atoms with Gasteiger partial charge in [0.2, 0.25) is 5.89 Å². The van der Waals surface area contributed by atoms with Crippen molar-refractivity contribution in [3.63, 3.8) is 0 Å². The van der Waals surface area contributed by atoms with Crippen LogP contribution in [0.4, 0.5) is 17.6 Å². The number of rotatable bonds is 3. The predicted molar refractivity (Wildman–Crippen MR) is 61.6 cm³/mol. The third kappa shape index (κ3) is 3.56.